The highest BCUT2D eigenvalue weighted by atomic mass is 19.1. The minimum Gasteiger partial charge on any atom is -0.384 e. The number of rotatable bonds is 7. The van der Waals surface area contributed by atoms with Crippen molar-refractivity contribution < 1.29 is 4.39 Å². The molecular weight excluding hydrogens is 455 g/mol. The number of anilines is 1. The molecule has 180 valence electrons. The number of aromatic nitrogens is 6. The van der Waals surface area contributed by atoms with Crippen molar-refractivity contribution in [3.8, 4) is 33.6 Å². The largest absolute Gasteiger partial charge is 0.384 e. The number of hydrogen-bond acceptors (Lipinski definition) is 5. The first-order chi connectivity index (χ1) is 17.5. The Morgan fingerprint density at radius 1 is 0.917 bits per heavy atom. The van der Waals surface area contributed by atoms with Gasteiger partial charge < -0.3 is 15.2 Å². The Morgan fingerprint density at radius 2 is 1.83 bits per heavy atom. The maximum Gasteiger partial charge on any atom is 0.125 e. The van der Waals surface area contributed by atoms with Gasteiger partial charge in [0, 0.05) is 53.1 Å². The van der Waals surface area contributed by atoms with Crippen molar-refractivity contribution in [2.75, 3.05) is 32.5 Å². The zero-order valence-electron chi connectivity index (χ0n) is 19.9. The fourth-order valence-electron chi connectivity index (χ4n) is 4.49. The fourth-order valence-corrected chi connectivity index (χ4v) is 4.49. The zero-order chi connectivity index (χ0) is 24.6. The van der Waals surface area contributed by atoms with Crippen LogP contribution in [0.2, 0.25) is 0 Å². The van der Waals surface area contributed by atoms with Gasteiger partial charge in [0.05, 0.1) is 29.1 Å². The first-order valence-electron chi connectivity index (χ1n) is 11.7. The molecule has 0 bridgehead atoms. The standard InChI is InChI=1S/C27H25FN8/c1-36(2)6-5-30-20-8-17(7-19(28)10-20)23-14-29-15-26-21(23)11-25(33-26)27-22-9-16(18-12-31-32-13-18)3-4-24(22)34-35-27/h3-4,7-15,30,33H,5-6H2,1-2H3,(H,31,32)(H,34,35). The molecule has 2 aromatic carbocycles. The fraction of sp³-hybridized carbons (Fsp3) is 0.148. The quantitative estimate of drug-likeness (QED) is 0.249. The highest BCUT2D eigenvalue weighted by Crippen LogP contribution is 2.35. The first kappa shape index (κ1) is 22.0. The van der Waals surface area contributed by atoms with Gasteiger partial charge >= 0.3 is 0 Å². The van der Waals surface area contributed by atoms with Crippen molar-refractivity contribution in [1.29, 1.82) is 0 Å². The number of benzene rings is 2. The molecule has 0 saturated heterocycles. The molecule has 4 heterocycles. The lowest BCUT2D eigenvalue weighted by Gasteiger charge is -2.13. The molecule has 0 fully saturated rings. The summed E-state index contributed by atoms with van der Waals surface area (Å²) in [6, 6.07) is 13.2. The van der Waals surface area contributed by atoms with Crippen LogP contribution in [0.5, 0.6) is 0 Å². The van der Waals surface area contributed by atoms with Crippen LogP contribution in [0, 0.1) is 5.82 Å². The van der Waals surface area contributed by atoms with Crippen molar-refractivity contribution in [2.24, 2.45) is 0 Å². The second kappa shape index (κ2) is 8.94. The van der Waals surface area contributed by atoms with Crippen LogP contribution in [-0.4, -0.2) is 62.4 Å². The molecule has 4 aromatic heterocycles. The summed E-state index contributed by atoms with van der Waals surface area (Å²) in [5, 5.41) is 19.9. The van der Waals surface area contributed by atoms with Crippen molar-refractivity contribution in [3.05, 3.63) is 73.1 Å². The minimum absolute atomic E-state index is 0.294. The lowest BCUT2D eigenvalue weighted by Crippen LogP contribution is -2.20. The number of aromatic amines is 3. The molecule has 0 spiro atoms. The monoisotopic (exact) mass is 480 g/mol. The summed E-state index contributed by atoms with van der Waals surface area (Å²) >= 11 is 0. The van der Waals surface area contributed by atoms with Gasteiger partial charge in [-0.1, -0.05) is 6.07 Å². The molecule has 0 radical (unpaired) electrons. The van der Waals surface area contributed by atoms with Crippen LogP contribution in [0.15, 0.2) is 67.3 Å². The Morgan fingerprint density at radius 3 is 2.67 bits per heavy atom. The number of fused-ring (bicyclic) bond motifs is 2. The van der Waals surface area contributed by atoms with E-state index in [0.717, 1.165) is 74.2 Å². The van der Waals surface area contributed by atoms with Gasteiger partial charge in [-0.3, -0.25) is 15.2 Å². The van der Waals surface area contributed by atoms with Crippen molar-refractivity contribution in [2.45, 2.75) is 0 Å². The molecule has 9 heteroatoms. The molecule has 6 rings (SSSR count). The molecule has 0 unspecified atom stereocenters. The van der Waals surface area contributed by atoms with Gasteiger partial charge in [0.15, 0.2) is 0 Å². The normalized spacial score (nSPS) is 11.7. The van der Waals surface area contributed by atoms with E-state index in [2.05, 4.69) is 52.7 Å². The average molecular weight is 481 g/mol. The lowest BCUT2D eigenvalue weighted by atomic mass is 10.0. The van der Waals surface area contributed by atoms with Gasteiger partial charge in [0.2, 0.25) is 0 Å². The van der Waals surface area contributed by atoms with E-state index >= 15 is 0 Å². The summed E-state index contributed by atoms with van der Waals surface area (Å²) in [5.74, 6) is -0.294. The molecule has 6 aromatic rings. The number of H-pyrrole nitrogens is 3. The first-order valence-corrected chi connectivity index (χ1v) is 11.7. The van der Waals surface area contributed by atoms with Crippen LogP contribution in [0.25, 0.3) is 55.4 Å². The summed E-state index contributed by atoms with van der Waals surface area (Å²) in [6.45, 7) is 1.57. The Kier molecular flexibility index (Phi) is 5.46. The van der Waals surface area contributed by atoms with E-state index in [1.165, 1.54) is 6.07 Å². The third kappa shape index (κ3) is 4.09. The second-order valence-corrected chi connectivity index (χ2v) is 9.11. The van der Waals surface area contributed by atoms with Gasteiger partial charge in [-0.05, 0) is 61.6 Å². The van der Waals surface area contributed by atoms with Gasteiger partial charge in [-0.15, -0.1) is 0 Å². The minimum atomic E-state index is -0.294. The van der Waals surface area contributed by atoms with E-state index in [9.17, 15) is 4.39 Å². The maximum absolute atomic E-state index is 14.6. The molecule has 0 aliphatic rings. The predicted molar refractivity (Wildman–Crippen MR) is 141 cm³/mol. The zero-order valence-corrected chi connectivity index (χ0v) is 19.9. The van der Waals surface area contributed by atoms with E-state index < -0.39 is 0 Å². The summed E-state index contributed by atoms with van der Waals surface area (Å²) in [5.41, 5.74) is 7.87. The molecular formula is C27H25FN8. The molecule has 0 amide bonds. The van der Waals surface area contributed by atoms with Crippen molar-refractivity contribution in [1.82, 2.24) is 35.3 Å². The summed E-state index contributed by atoms with van der Waals surface area (Å²) in [6.07, 6.45) is 7.22. The Bertz CT molecular complexity index is 1660. The van der Waals surface area contributed by atoms with E-state index in [4.69, 9.17) is 0 Å². The molecule has 0 aliphatic carbocycles. The van der Waals surface area contributed by atoms with Crippen LogP contribution in [-0.2, 0) is 0 Å². The van der Waals surface area contributed by atoms with Crippen molar-refractivity contribution >= 4 is 27.5 Å². The summed E-state index contributed by atoms with van der Waals surface area (Å²) < 4.78 is 14.6. The van der Waals surface area contributed by atoms with Gasteiger partial charge in [0.25, 0.3) is 0 Å². The molecule has 36 heavy (non-hydrogen) atoms. The number of nitrogens with one attached hydrogen (secondary N) is 4. The van der Waals surface area contributed by atoms with Crippen LogP contribution >= 0.6 is 0 Å². The van der Waals surface area contributed by atoms with Gasteiger partial charge in [-0.2, -0.15) is 10.2 Å². The molecule has 8 nitrogen and oxygen atoms in total. The van der Waals surface area contributed by atoms with E-state index in [1.807, 2.05) is 38.5 Å². The topological polar surface area (TPSA) is 101 Å². The van der Waals surface area contributed by atoms with Crippen LogP contribution in [0.3, 0.4) is 0 Å². The van der Waals surface area contributed by atoms with E-state index in [1.54, 1.807) is 24.7 Å². The highest BCUT2D eigenvalue weighted by molar-refractivity contribution is 6.01. The van der Waals surface area contributed by atoms with Crippen LogP contribution in [0.4, 0.5) is 10.1 Å². The van der Waals surface area contributed by atoms with Crippen molar-refractivity contribution in [3.63, 3.8) is 0 Å². The summed E-state index contributed by atoms with van der Waals surface area (Å²) in [4.78, 5) is 9.95. The number of likely N-dealkylation sites (N-methyl/N-ethyl adjacent to an activating group) is 1. The smallest absolute Gasteiger partial charge is 0.125 e. The van der Waals surface area contributed by atoms with Gasteiger partial charge in [0.1, 0.15) is 11.5 Å². The Labute approximate surface area is 206 Å². The van der Waals surface area contributed by atoms with E-state index in [-0.39, 0.29) is 5.82 Å². The highest BCUT2D eigenvalue weighted by Gasteiger charge is 2.15. The maximum atomic E-state index is 14.6. The van der Waals surface area contributed by atoms with Crippen LogP contribution < -0.4 is 5.32 Å². The SMILES string of the molecule is CN(C)CCNc1cc(F)cc(-c2cncc3[nH]c(-c4n[nH]c5ccc(-c6cn[nH]c6)cc45)cc23)c1. The number of pyridine rings is 1. The Balaban J connectivity index is 1.41. The number of nitrogens with zero attached hydrogens (tertiary/aromatic N) is 4. The lowest BCUT2D eigenvalue weighted by molar-refractivity contribution is 0.425. The Hall–Kier alpha value is -4.50. The van der Waals surface area contributed by atoms with Gasteiger partial charge in [-0.25, -0.2) is 4.39 Å². The molecule has 0 saturated carbocycles. The number of halogens is 1. The molecule has 4 N–H and O–H groups in total. The summed E-state index contributed by atoms with van der Waals surface area (Å²) in [7, 11) is 4.02. The van der Waals surface area contributed by atoms with Crippen LogP contribution in [0.1, 0.15) is 0 Å². The average Bonchev–Trinajstić information content (AvgIpc) is 3.62. The number of hydrogen-bond donors (Lipinski definition) is 4. The third-order valence-electron chi connectivity index (χ3n) is 6.29. The van der Waals surface area contributed by atoms with E-state index in [0.29, 0.717) is 0 Å². The second-order valence-electron chi connectivity index (χ2n) is 9.11. The molecule has 0 aliphatic heterocycles. The third-order valence-corrected chi connectivity index (χ3v) is 6.29. The predicted octanol–water partition coefficient (Wildman–Crippen LogP) is 5.28. The molecule has 0 atom stereocenters.